The van der Waals surface area contributed by atoms with E-state index >= 15 is 0 Å². The number of hydrogen-bond acceptors (Lipinski definition) is 8. The molecule has 0 amide bonds. The molecular formula is C20H26N6OS. The lowest BCUT2D eigenvalue weighted by molar-refractivity contribution is -0.0358. The van der Waals surface area contributed by atoms with Crippen LogP contribution in [0.1, 0.15) is 25.7 Å². The number of fused-ring (bicyclic) bond motifs is 1. The van der Waals surface area contributed by atoms with Crippen molar-refractivity contribution in [2.75, 3.05) is 43.0 Å². The van der Waals surface area contributed by atoms with Gasteiger partial charge in [-0.2, -0.15) is 0 Å². The third-order valence-corrected chi connectivity index (χ3v) is 6.42. The highest BCUT2D eigenvalue weighted by Crippen LogP contribution is 2.31. The van der Waals surface area contributed by atoms with Gasteiger partial charge >= 0.3 is 0 Å². The number of piperidine rings is 1. The summed E-state index contributed by atoms with van der Waals surface area (Å²) in [5.41, 5.74) is 1.82. The average molecular weight is 399 g/mol. The molecule has 0 aromatic carbocycles. The van der Waals surface area contributed by atoms with Crippen molar-refractivity contribution in [2.45, 2.75) is 31.8 Å². The Balaban J connectivity index is 1.30. The first-order valence-electron chi connectivity index (χ1n) is 10.2. The molecule has 1 unspecified atom stereocenters. The van der Waals surface area contributed by atoms with E-state index in [0.29, 0.717) is 12.0 Å². The van der Waals surface area contributed by atoms with Crippen LogP contribution in [0.4, 0.5) is 10.9 Å². The zero-order valence-electron chi connectivity index (χ0n) is 15.9. The molecule has 3 aliphatic heterocycles. The number of nitrogens with one attached hydrogen (secondary N) is 2. The number of anilines is 2. The van der Waals surface area contributed by atoms with E-state index in [-0.39, 0.29) is 0 Å². The molecule has 3 aliphatic rings. The summed E-state index contributed by atoms with van der Waals surface area (Å²) in [6, 6.07) is 6.23. The number of pyridine rings is 1. The van der Waals surface area contributed by atoms with Crippen molar-refractivity contribution in [1.29, 1.82) is 0 Å². The molecule has 2 N–H and O–H groups in total. The van der Waals surface area contributed by atoms with Crippen LogP contribution in [0.25, 0.3) is 11.4 Å². The Hall–Kier alpha value is -2.19. The number of thiazole rings is 1. The summed E-state index contributed by atoms with van der Waals surface area (Å²) in [6.45, 7) is 4.79. The third kappa shape index (κ3) is 3.84. The Labute approximate surface area is 169 Å². The van der Waals surface area contributed by atoms with Crippen LogP contribution in [0.15, 0.2) is 28.6 Å². The van der Waals surface area contributed by atoms with Gasteiger partial charge in [-0.05, 0) is 37.8 Å². The zero-order chi connectivity index (χ0) is 18.8. The maximum Gasteiger partial charge on any atom is 0.197 e. The highest BCUT2D eigenvalue weighted by molar-refractivity contribution is 7.14. The quantitative estimate of drug-likeness (QED) is 0.828. The molecule has 2 aromatic heterocycles. The smallest absolute Gasteiger partial charge is 0.197 e. The summed E-state index contributed by atoms with van der Waals surface area (Å²) < 4.78 is 5.95. The van der Waals surface area contributed by atoms with Gasteiger partial charge in [0.15, 0.2) is 11.1 Å². The van der Waals surface area contributed by atoms with Crippen molar-refractivity contribution in [3.05, 3.63) is 23.6 Å². The zero-order valence-corrected chi connectivity index (χ0v) is 16.7. The highest BCUT2D eigenvalue weighted by atomic mass is 32.1. The van der Waals surface area contributed by atoms with Crippen molar-refractivity contribution in [1.82, 2.24) is 15.3 Å². The van der Waals surface area contributed by atoms with Gasteiger partial charge in [0.1, 0.15) is 11.5 Å². The van der Waals surface area contributed by atoms with Gasteiger partial charge in [-0.3, -0.25) is 4.99 Å². The second-order valence-corrected chi connectivity index (χ2v) is 8.46. The van der Waals surface area contributed by atoms with Crippen molar-refractivity contribution in [2.24, 2.45) is 10.9 Å². The number of aliphatic imine (C=N–C) groups is 1. The van der Waals surface area contributed by atoms with E-state index in [1.54, 1.807) is 11.3 Å². The molecule has 5 heterocycles. The maximum absolute atomic E-state index is 5.95. The fourth-order valence-electron chi connectivity index (χ4n) is 4.20. The fourth-order valence-corrected chi connectivity index (χ4v) is 4.91. The summed E-state index contributed by atoms with van der Waals surface area (Å²) in [4.78, 5) is 16.5. The minimum Gasteiger partial charge on any atom is -0.378 e. The van der Waals surface area contributed by atoms with Crippen LogP contribution in [0.3, 0.4) is 0 Å². The molecule has 2 fully saturated rings. The van der Waals surface area contributed by atoms with E-state index < -0.39 is 0 Å². The Morgan fingerprint density at radius 1 is 1.18 bits per heavy atom. The summed E-state index contributed by atoms with van der Waals surface area (Å²) in [5, 5.41) is 9.44. The van der Waals surface area contributed by atoms with Gasteiger partial charge < -0.3 is 20.3 Å². The number of hydrogen-bond donors (Lipinski definition) is 2. The SMILES string of the molecule is c1cc(-c2csc(NC3=NCCCN3)n2)nc(N2CC[C@H]3OCCCC3C2)c1. The molecule has 8 heteroatoms. The molecule has 5 rings (SSSR count). The molecule has 7 nitrogen and oxygen atoms in total. The van der Waals surface area contributed by atoms with Gasteiger partial charge in [0.25, 0.3) is 0 Å². The predicted octanol–water partition coefficient (Wildman–Crippen LogP) is 2.97. The standard InChI is InChI=1S/C20H26N6OS/c1-5-15(16-13-28-20(24-16)25-19-21-8-3-9-22-19)23-18(6-1)26-10-7-17-14(12-26)4-2-11-27-17/h1,5-6,13-14,17H,2-4,7-12H2,(H2,21,22,24,25)/t14?,17-/m1/s1. The van der Waals surface area contributed by atoms with Crippen molar-refractivity contribution in [3.63, 3.8) is 0 Å². The Morgan fingerprint density at radius 3 is 3.11 bits per heavy atom. The summed E-state index contributed by atoms with van der Waals surface area (Å²) in [7, 11) is 0. The summed E-state index contributed by atoms with van der Waals surface area (Å²) >= 11 is 1.58. The minimum atomic E-state index is 0.441. The molecule has 2 atom stereocenters. The second-order valence-electron chi connectivity index (χ2n) is 7.60. The molecule has 0 spiro atoms. The van der Waals surface area contributed by atoms with Gasteiger partial charge in [0.05, 0.1) is 11.8 Å². The average Bonchev–Trinajstić information content (AvgIpc) is 3.23. The first-order chi connectivity index (χ1) is 13.8. The Morgan fingerprint density at radius 2 is 2.18 bits per heavy atom. The van der Waals surface area contributed by atoms with Crippen molar-refractivity contribution in [3.8, 4) is 11.4 Å². The molecule has 0 aliphatic carbocycles. The first-order valence-corrected chi connectivity index (χ1v) is 11.1. The number of ether oxygens (including phenoxy) is 1. The lowest BCUT2D eigenvalue weighted by Gasteiger charge is -2.41. The normalized spacial score (nSPS) is 24.9. The van der Waals surface area contributed by atoms with Crippen molar-refractivity contribution >= 4 is 28.2 Å². The van der Waals surface area contributed by atoms with Crippen LogP contribution in [-0.2, 0) is 4.74 Å². The van der Waals surface area contributed by atoms with E-state index in [9.17, 15) is 0 Å². The van der Waals surface area contributed by atoms with Crippen LogP contribution in [0.2, 0.25) is 0 Å². The first kappa shape index (κ1) is 17.9. The van der Waals surface area contributed by atoms with Crippen LogP contribution in [0.5, 0.6) is 0 Å². The Kier molecular flexibility index (Phi) is 5.14. The van der Waals surface area contributed by atoms with Crippen LogP contribution < -0.4 is 15.5 Å². The van der Waals surface area contributed by atoms with Gasteiger partial charge in [0.2, 0.25) is 0 Å². The van der Waals surface area contributed by atoms with E-state index in [2.05, 4.69) is 38.0 Å². The number of guanidine groups is 1. The third-order valence-electron chi connectivity index (χ3n) is 5.66. The highest BCUT2D eigenvalue weighted by Gasteiger charge is 2.32. The van der Waals surface area contributed by atoms with E-state index in [0.717, 1.165) is 73.9 Å². The molecule has 0 radical (unpaired) electrons. The molecule has 2 aromatic rings. The van der Waals surface area contributed by atoms with E-state index in [4.69, 9.17) is 14.7 Å². The van der Waals surface area contributed by atoms with Crippen LogP contribution in [0, 0.1) is 5.92 Å². The minimum absolute atomic E-state index is 0.441. The molecule has 0 saturated carbocycles. The second kappa shape index (κ2) is 8.05. The molecule has 2 saturated heterocycles. The molecule has 148 valence electrons. The van der Waals surface area contributed by atoms with Gasteiger partial charge in [-0.15, -0.1) is 11.3 Å². The lowest BCUT2D eigenvalue weighted by atomic mass is 9.88. The molecule has 28 heavy (non-hydrogen) atoms. The summed E-state index contributed by atoms with van der Waals surface area (Å²) in [5.74, 6) is 2.49. The largest absolute Gasteiger partial charge is 0.378 e. The summed E-state index contributed by atoms with van der Waals surface area (Å²) in [6.07, 6.45) is 5.06. The maximum atomic E-state index is 5.95. The van der Waals surface area contributed by atoms with Crippen LogP contribution >= 0.6 is 11.3 Å². The van der Waals surface area contributed by atoms with Gasteiger partial charge in [0, 0.05) is 44.1 Å². The van der Waals surface area contributed by atoms with Gasteiger partial charge in [-0.1, -0.05) is 6.07 Å². The number of rotatable bonds is 3. The fraction of sp³-hybridized carbons (Fsp3) is 0.550. The van der Waals surface area contributed by atoms with Crippen LogP contribution in [-0.4, -0.2) is 54.8 Å². The van der Waals surface area contributed by atoms with E-state index in [1.807, 2.05) is 6.07 Å². The lowest BCUT2D eigenvalue weighted by Crippen LogP contribution is -2.46. The topological polar surface area (TPSA) is 74.7 Å². The van der Waals surface area contributed by atoms with E-state index in [1.165, 1.54) is 12.8 Å². The molecule has 0 bridgehead atoms. The number of aromatic nitrogens is 2. The van der Waals surface area contributed by atoms with Gasteiger partial charge in [-0.25, -0.2) is 9.97 Å². The predicted molar refractivity (Wildman–Crippen MR) is 113 cm³/mol. The number of nitrogens with zero attached hydrogens (tertiary/aromatic N) is 4. The van der Waals surface area contributed by atoms with Crippen molar-refractivity contribution < 1.29 is 4.74 Å². The molecular weight excluding hydrogens is 372 g/mol. The Bertz CT molecular complexity index is 853. The monoisotopic (exact) mass is 398 g/mol.